The lowest BCUT2D eigenvalue weighted by molar-refractivity contribution is -0.190. The molecule has 1 aliphatic heterocycles. The molecular formula is C10H19F3N2. The molecule has 1 saturated heterocycles. The van der Waals surface area contributed by atoms with Crippen LogP contribution in [0.2, 0.25) is 0 Å². The highest BCUT2D eigenvalue weighted by atomic mass is 19.4. The monoisotopic (exact) mass is 224 g/mol. The fraction of sp³-hybridized carbons (Fsp3) is 1.00. The number of hydrogen-bond acceptors (Lipinski definition) is 2. The van der Waals surface area contributed by atoms with Crippen molar-refractivity contribution in [1.29, 1.82) is 0 Å². The quantitative estimate of drug-likeness (QED) is 0.785. The van der Waals surface area contributed by atoms with E-state index in [-0.39, 0.29) is 12.5 Å². The molecule has 1 N–H and O–H groups in total. The molecule has 0 aromatic carbocycles. The molecule has 0 aliphatic carbocycles. The van der Waals surface area contributed by atoms with Gasteiger partial charge in [0.25, 0.3) is 0 Å². The van der Waals surface area contributed by atoms with Gasteiger partial charge in [0, 0.05) is 32.7 Å². The second-order valence-corrected chi connectivity index (χ2v) is 4.44. The van der Waals surface area contributed by atoms with Crippen molar-refractivity contribution in [2.24, 2.45) is 11.8 Å². The molecule has 90 valence electrons. The molecule has 0 aromatic heterocycles. The Bertz CT molecular complexity index is 186. The van der Waals surface area contributed by atoms with Crippen LogP contribution in [0, 0.1) is 11.8 Å². The van der Waals surface area contributed by atoms with E-state index in [0.29, 0.717) is 0 Å². The molecule has 1 heterocycles. The Morgan fingerprint density at radius 2 is 1.73 bits per heavy atom. The summed E-state index contributed by atoms with van der Waals surface area (Å²) < 4.78 is 38.1. The highest BCUT2D eigenvalue weighted by molar-refractivity contribution is 4.77. The van der Waals surface area contributed by atoms with Crippen molar-refractivity contribution in [3.05, 3.63) is 0 Å². The zero-order valence-electron chi connectivity index (χ0n) is 9.27. The van der Waals surface area contributed by atoms with Crippen molar-refractivity contribution in [1.82, 2.24) is 10.2 Å². The Kier molecular flexibility index (Phi) is 4.40. The van der Waals surface area contributed by atoms with Crippen LogP contribution in [0.5, 0.6) is 0 Å². The van der Waals surface area contributed by atoms with Crippen LogP contribution in [-0.4, -0.2) is 43.8 Å². The first-order valence-corrected chi connectivity index (χ1v) is 5.41. The van der Waals surface area contributed by atoms with E-state index < -0.39 is 12.1 Å². The molecule has 1 unspecified atom stereocenters. The second-order valence-electron chi connectivity index (χ2n) is 4.44. The fourth-order valence-electron chi connectivity index (χ4n) is 1.86. The molecule has 0 radical (unpaired) electrons. The fourth-order valence-corrected chi connectivity index (χ4v) is 1.86. The Morgan fingerprint density at radius 3 is 2.13 bits per heavy atom. The molecule has 0 bridgehead atoms. The minimum atomic E-state index is -4.07. The molecule has 5 heteroatoms. The number of rotatable bonds is 3. The van der Waals surface area contributed by atoms with Crippen LogP contribution in [0.25, 0.3) is 0 Å². The number of nitrogens with one attached hydrogen (secondary N) is 1. The Morgan fingerprint density at radius 1 is 1.20 bits per heavy atom. The van der Waals surface area contributed by atoms with E-state index in [0.717, 1.165) is 26.2 Å². The Hall–Kier alpha value is -0.290. The third-order valence-corrected chi connectivity index (χ3v) is 2.89. The lowest BCUT2D eigenvalue weighted by Crippen LogP contribution is -2.48. The normalized spacial score (nSPS) is 22.0. The molecule has 1 fully saturated rings. The summed E-state index contributed by atoms with van der Waals surface area (Å²) in [6.07, 6.45) is -4.07. The minimum absolute atomic E-state index is 0.142. The van der Waals surface area contributed by atoms with Crippen LogP contribution in [0.4, 0.5) is 13.2 Å². The maximum Gasteiger partial charge on any atom is 0.393 e. The minimum Gasteiger partial charge on any atom is -0.314 e. The van der Waals surface area contributed by atoms with Gasteiger partial charge in [0.05, 0.1) is 5.92 Å². The Labute approximate surface area is 88.8 Å². The van der Waals surface area contributed by atoms with E-state index in [2.05, 4.69) is 5.32 Å². The predicted molar refractivity (Wildman–Crippen MR) is 53.7 cm³/mol. The molecular weight excluding hydrogens is 205 g/mol. The van der Waals surface area contributed by atoms with Crippen molar-refractivity contribution in [3.8, 4) is 0 Å². The average molecular weight is 224 g/mol. The van der Waals surface area contributed by atoms with Gasteiger partial charge in [-0.3, -0.25) is 0 Å². The number of nitrogens with zero attached hydrogens (tertiary/aromatic N) is 1. The van der Waals surface area contributed by atoms with Gasteiger partial charge >= 0.3 is 6.18 Å². The third-order valence-electron chi connectivity index (χ3n) is 2.89. The Balaban J connectivity index is 2.50. The number of halogens is 3. The van der Waals surface area contributed by atoms with Gasteiger partial charge in [-0.25, -0.2) is 0 Å². The van der Waals surface area contributed by atoms with Crippen molar-refractivity contribution in [3.63, 3.8) is 0 Å². The van der Waals surface area contributed by atoms with Crippen molar-refractivity contribution in [2.75, 3.05) is 32.7 Å². The van der Waals surface area contributed by atoms with Gasteiger partial charge < -0.3 is 10.2 Å². The highest BCUT2D eigenvalue weighted by Crippen LogP contribution is 2.32. The standard InChI is InChI=1S/C10H19F3N2/c1-8(2)9(10(11,12)13)7-15-5-3-14-4-6-15/h8-9,14H,3-7H2,1-2H3. The van der Waals surface area contributed by atoms with Crippen LogP contribution < -0.4 is 5.32 Å². The number of piperazine rings is 1. The highest BCUT2D eigenvalue weighted by Gasteiger charge is 2.42. The zero-order chi connectivity index (χ0) is 11.5. The maximum absolute atomic E-state index is 12.7. The molecule has 0 amide bonds. The summed E-state index contributed by atoms with van der Waals surface area (Å²) in [7, 11) is 0. The molecule has 0 saturated carbocycles. The third kappa shape index (κ3) is 3.99. The zero-order valence-corrected chi connectivity index (χ0v) is 9.27. The first-order chi connectivity index (χ1) is 6.91. The van der Waals surface area contributed by atoms with Crippen molar-refractivity contribution in [2.45, 2.75) is 20.0 Å². The van der Waals surface area contributed by atoms with Gasteiger partial charge in [0.15, 0.2) is 0 Å². The summed E-state index contributed by atoms with van der Waals surface area (Å²) in [4.78, 5) is 1.90. The van der Waals surface area contributed by atoms with E-state index >= 15 is 0 Å². The lowest BCUT2D eigenvalue weighted by atomic mass is 9.94. The van der Waals surface area contributed by atoms with Gasteiger partial charge in [-0.05, 0) is 5.92 Å². The van der Waals surface area contributed by atoms with Crippen LogP contribution in [0.3, 0.4) is 0 Å². The van der Waals surface area contributed by atoms with E-state index in [1.165, 1.54) is 0 Å². The summed E-state index contributed by atoms with van der Waals surface area (Å²) in [6, 6.07) is 0. The molecule has 1 atom stereocenters. The SMILES string of the molecule is CC(C)C(CN1CCNCC1)C(F)(F)F. The topological polar surface area (TPSA) is 15.3 Å². The van der Waals surface area contributed by atoms with Gasteiger partial charge in [0.1, 0.15) is 0 Å². The van der Waals surface area contributed by atoms with E-state index in [9.17, 15) is 13.2 Å². The van der Waals surface area contributed by atoms with Gasteiger partial charge in [-0.15, -0.1) is 0 Å². The van der Waals surface area contributed by atoms with E-state index in [1.807, 2.05) is 4.90 Å². The van der Waals surface area contributed by atoms with E-state index in [4.69, 9.17) is 0 Å². The lowest BCUT2D eigenvalue weighted by Gasteiger charge is -2.33. The molecule has 15 heavy (non-hydrogen) atoms. The summed E-state index contributed by atoms with van der Waals surface area (Å²) in [6.45, 7) is 6.45. The van der Waals surface area contributed by atoms with Crippen LogP contribution in [0.1, 0.15) is 13.8 Å². The molecule has 0 spiro atoms. The van der Waals surface area contributed by atoms with Gasteiger partial charge in [-0.2, -0.15) is 13.2 Å². The second kappa shape index (κ2) is 5.16. The molecule has 1 aliphatic rings. The predicted octanol–water partition coefficient (Wildman–Crippen LogP) is 1.73. The van der Waals surface area contributed by atoms with Crippen LogP contribution in [-0.2, 0) is 0 Å². The first kappa shape index (κ1) is 12.8. The molecule has 0 aromatic rings. The largest absolute Gasteiger partial charge is 0.393 e. The smallest absolute Gasteiger partial charge is 0.314 e. The molecule has 1 rings (SSSR count). The van der Waals surface area contributed by atoms with Crippen molar-refractivity contribution < 1.29 is 13.2 Å². The first-order valence-electron chi connectivity index (χ1n) is 5.41. The average Bonchev–Trinajstić information content (AvgIpc) is 2.13. The molecule has 2 nitrogen and oxygen atoms in total. The summed E-state index contributed by atoms with van der Waals surface area (Å²) in [5.74, 6) is -1.55. The number of alkyl halides is 3. The summed E-state index contributed by atoms with van der Waals surface area (Å²) >= 11 is 0. The van der Waals surface area contributed by atoms with Gasteiger partial charge in [0.2, 0.25) is 0 Å². The van der Waals surface area contributed by atoms with Crippen molar-refractivity contribution >= 4 is 0 Å². The van der Waals surface area contributed by atoms with E-state index in [1.54, 1.807) is 13.8 Å². The van der Waals surface area contributed by atoms with Crippen LogP contribution in [0.15, 0.2) is 0 Å². The van der Waals surface area contributed by atoms with Crippen LogP contribution >= 0.6 is 0 Å². The maximum atomic E-state index is 12.7. The van der Waals surface area contributed by atoms with Gasteiger partial charge in [-0.1, -0.05) is 13.8 Å². The number of hydrogen-bond donors (Lipinski definition) is 1. The summed E-state index contributed by atoms with van der Waals surface area (Å²) in [5.41, 5.74) is 0. The summed E-state index contributed by atoms with van der Waals surface area (Å²) in [5, 5.41) is 3.13.